The fraction of sp³-hybridized carbons (Fsp3) is 0.333. The van der Waals surface area contributed by atoms with Gasteiger partial charge >= 0.3 is 18.0 Å². The summed E-state index contributed by atoms with van der Waals surface area (Å²) >= 11 is 0. The molecule has 0 saturated carbocycles. The van der Waals surface area contributed by atoms with E-state index in [9.17, 15) is 26.3 Å². The molecule has 0 bridgehead atoms. The summed E-state index contributed by atoms with van der Waals surface area (Å²) in [5, 5.41) is 8.08. The van der Waals surface area contributed by atoms with Crippen molar-refractivity contribution in [3.8, 4) is 0 Å². The molecule has 16 heavy (non-hydrogen) atoms. The van der Waals surface area contributed by atoms with Gasteiger partial charge in [0, 0.05) is 5.56 Å². The minimum atomic E-state index is -5.96. The highest BCUT2D eigenvalue weighted by Gasteiger charge is 2.72. The van der Waals surface area contributed by atoms with Crippen LogP contribution in [-0.2, 0) is 5.67 Å². The maximum atomic E-state index is 13.4. The first-order valence-corrected chi connectivity index (χ1v) is 3.93. The van der Waals surface area contributed by atoms with Crippen LogP contribution < -0.4 is 0 Å². The predicted molar refractivity (Wildman–Crippen MR) is 41.3 cm³/mol. The molecule has 0 heterocycles. The molecule has 0 aliphatic carbocycles. The summed E-state index contributed by atoms with van der Waals surface area (Å²) in [5.74, 6) is 0. The zero-order valence-corrected chi connectivity index (χ0v) is 7.52. The topological polar surface area (TPSA) is 20.2 Å². The molecule has 1 radical (unpaired) electrons. The third kappa shape index (κ3) is 1.87. The summed E-state index contributed by atoms with van der Waals surface area (Å²) in [4.78, 5) is 0. The average molecular weight is 243 g/mol. The molecule has 1 rings (SSSR count). The normalized spacial score (nSPS) is 16.9. The van der Waals surface area contributed by atoms with Gasteiger partial charge in [-0.05, 0) is 6.07 Å². The van der Waals surface area contributed by atoms with E-state index in [0.29, 0.717) is 6.07 Å². The molecule has 1 unspecified atom stereocenters. The van der Waals surface area contributed by atoms with E-state index in [2.05, 4.69) is 0 Å². The SMILES string of the molecule is OC(F)(F)C(F)(c1[c]cccc1)C(F)(F)F. The molecular weight excluding hydrogens is 238 g/mol. The first-order chi connectivity index (χ1) is 7.11. The van der Waals surface area contributed by atoms with Gasteiger partial charge in [0.1, 0.15) is 0 Å². The summed E-state index contributed by atoms with van der Waals surface area (Å²) in [6.45, 7) is 0. The van der Waals surface area contributed by atoms with Crippen molar-refractivity contribution in [3.05, 3.63) is 35.9 Å². The van der Waals surface area contributed by atoms with Gasteiger partial charge in [-0.1, -0.05) is 24.3 Å². The summed E-state index contributed by atoms with van der Waals surface area (Å²) in [7, 11) is 0. The van der Waals surface area contributed by atoms with E-state index >= 15 is 0 Å². The molecule has 0 aliphatic rings. The zero-order valence-electron chi connectivity index (χ0n) is 7.52. The minimum Gasteiger partial charge on any atom is -0.333 e. The first-order valence-electron chi connectivity index (χ1n) is 3.93. The Bertz CT molecular complexity index is 339. The molecule has 1 atom stereocenters. The Morgan fingerprint density at radius 1 is 1.00 bits per heavy atom. The van der Waals surface area contributed by atoms with E-state index in [0.717, 1.165) is 12.1 Å². The number of hydrogen-bond acceptors (Lipinski definition) is 1. The molecule has 7 heteroatoms. The Balaban J connectivity index is 3.39. The van der Waals surface area contributed by atoms with Crippen molar-refractivity contribution < 1.29 is 31.4 Å². The second-order valence-corrected chi connectivity index (χ2v) is 2.97. The summed E-state index contributed by atoms with van der Waals surface area (Å²) in [5.41, 5.74) is -6.64. The Morgan fingerprint density at radius 2 is 1.56 bits per heavy atom. The number of alkyl halides is 6. The van der Waals surface area contributed by atoms with Gasteiger partial charge in [-0.2, -0.15) is 22.0 Å². The minimum absolute atomic E-state index is 0.470. The number of rotatable bonds is 2. The highest BCUT2D eigenvalue weighted by atomic mass is 19.4. The fourth-order valence-corrected chi connectivity index (χ4v) is 1.09. The van der Waals surface area contributed by atoms with Crippen molar-refractivity contribution in [3.63, 3.8) is 0 Å². The lowest BCUT2D eigenvalue weighted by Crippen LogP contribution is -2.52. The molecule has 1 nitrogen and oxygen atoms in total. The summed E-state index contributed by atoms with van der Waals surface area (Å²) in [6, 6.07) is 5.10. The van der Waals surface area contributed by atoms with E-state index < -0.39 is 23.5 Å². The number of hydrogen-bond donors (Lipinski definition) is 1. The third-order valence-corrected chi connectivity index (χ3v) is 1.89. The Labute approximate surface area is 86.3 Å². The molecule has 1 aromatic carbocycles. The van der Waals surface area contributed by atoms with Crippen molar-refractivity contribution in [2.45, 2.75) is 18.0 Å². The lowest BCUT2D eigenvalue weighted by atomic mass is 9.94. The van der Waals surface area contributed by atoms with Crippen molar-refractivity contribution >= 4 is 0 Å². The number of halogens is 6. The lowest BCUT2D eigenvalue weighted by Gasteiger charge is -2.31. The van der Waals surface area contributed by atoms with Gasteiger partial charge in [-0.25, -0.2) is 4.39 Å². The second-order valence-electron chi connectivity index (χ2n) is 2.97. The van der Waals surface area contributed by atoms with Crippen molar-refractivity contribution in [1.82, 2.24) is 0 Å². The molecule has 0 aliphatic heterocycles. The fourth-order valence-electron chi connectivity index (χ4n) is 1.09. The van der Waals surface area contributed by atoms with Crippen LogP contribution in [0.3, 0.4) is 0 Å². The van der Waals surface area contributed by atoms with E-state index in [1.54, 1.807) is 6.07 Å². The standard InChI is InChI=1S/C9H5F6O/c10-7(8(11,12)13,9(14,15)16)6-4-2-1-3-5-6/h1-4,16H. The van der Waals surface area contributed by atoms with Crippen LogP contribution in [0.15, 0.2) is 24.3 Å². The molecule has 0 aromatic heterocycles. The van der Waals surface area contributed by atoms with Crippen LogP contribution in [0.5, 0.6) is 0 Å². The van der Waals surface area contributed by atoms with Crippen LogP contribution in [0.4, 0.5) is 26.3 Å². The number of aliphatic hydroxyl groups is 1. The molecule has 1 N–H and O–H groups in total. The summed E-state index contributed by atoms with van der Waals surface area (Å²) < 4.78 is 74.9. The van der Waals surface area contributed by atoms with Gasteiger partial charge in [-0.15, -0.1) is 0 Å². The molecule has 1 aromatic rings. The smallest absolute Gasteiger partial charge is 0.333 e. The average Bonchev–Trinajstić information content (AvgIpc) is 2.14. The van der Waals surface area contributed by atoms with Gasteiger partial charge < -0.3 is 5.11 Å². The van der Waals surface area contributed by atoms with Crippen LogP contribution in [0.25, 0.3) is 0 Å². The largest absolute Gasteiger partial charge is 0.435 e. The Morgan fingerprint density at radius 3 is 1.88 bits per heavy atom. The lowest BCUT2D eigenvalue weighted by molar-refractivity contribution is -0.375. The zero-order chi connectivity index (χ0) is 12.6. The molecule has 89 valence electrons. The van der Waals surface area contributed by atoms with E-state index in [1.165, 1.54) is 6.07 Å². The second kappa shape index (κ2) is 3.65. The van der Waals surface area contributed by atoms with Gasteiger partial charge in [0.2, 0.25) is 0 Å². The number of benzene rings is 1. The third-order valence-electron chi connectivity index (χ3n) is 1.89. The van der Waals surface area contributed by atoms with Crippen molar-refractivity contribution in [2.24, 2.45) is 0 Å². The monoisotopic (exact) mass is 243 g/mol. The van der Waals surface area contributed by atoms with Crippen LogP contribution in [0.1, 0.15) is 5.56 Å². The first kappa shape index (κ1) is 12.8. The van der Waals surface area contributed by atoms with Crippen LogP contribution in [-0.4, -0.2) is 17.4 Å². The summed E-state index contributed by atoms with van der Waals surface area (Å²) in [6.07, 6.45) is -11.5. The van der Waals surface area contributed by atoms with Crippen LogP contribution in [0, 0.1) is 6.07 Å². The van der Waals surface area contributed by atoms with Gasteiger partial charge in [-0.3, -0.25) is 0 Å². The quantitative estimate of drug-likeness (QED) is 0.792. The van der Waals surface area contributed by atoms with Crippen molar-refractivity contribution in [2.75, 3.05) is 0 Å². The molecular formula is C9H5F6O. The highest BCUT2D eigenvalue weighted by molar-refractivity contribution is 5.25. The van der Waals surface area contributed by atoms with Crippen LogP contribution >= 0.6 is 0 Å². The van der Waals surface area contributed by atoms with E-state index in [4.69, 9.17) is 5.11 Å². The molecule has 0 saturated heterocycles. The molecule has 0 amide bonds. The predicted octanol–water partition coefficient (Wildman–Crippen LogP) is 2.80. The maximum Gasteiger partial charge on any atom is 0.435 e. The van der Waals surface area contributed by atoms with E-state index in [-0.39, 0.29) is 0 Å². The van der Waals surface area contributed by atoms with Gasteiger partial charge in [0.15, 0.2) is 0 Å². The van der Waals surface area contributed by atoms with Crippen LogP contribution in [0.2, 0.25) is 0 Å². The van der Waals surface area contributed by atoms with Crippen molar-refractivity contribution in [1.29, 1.82) is 0 Å². The Hall–Kier alpha value is -1.24. The highest BCUT2D eigenvalue weighted by Crippen LogP contribution is 2.50. The van der Waals surface area contributed by atoms with Gasteiger partial charge in [0.05, 0.1) is 0 Å². The maximum absolute atomic E-state index is 13.4. The molecule has 0 spiro atoms. The Kier molecular flexibility index (Phi) is 2.93. The van der Waals surface area contributed by atoms with Gasteiger partial charge in [0.25, 0.3) is 0 Å². The molecule has 0 fully saturated rings. The van der Waals surface area contributed by atoms with E-state index in [1.807, 2.05) is 0 Å².